The second-order valence-corrected chi connectivity index (χ2v) is 8.08. The predicted molar refractivity (Wildman–Crippen MR) is 107 cm³/mol. The molecule has 0 aliphatic carbocycles. The van der Waals surface area contributed by atoms with Gasteiger partial charge in [0.1, 0.15) is 5.75 Å². The number of hydrogen-bond donors (Lipinski definition) is 0. The largest absolute Gasteiger partial charge is 0.476 e. The fourth-order valence-corrected chi connectivity index (χ4v) is 3.74. The summed E-state index contributed by atoms with van der Waals surface area (Å²) < 4.78 is 49.9. The molecule has 2 aliphatic heterocycles. The zero-order valence-electron chi connectivity index (χ0n) is 17.2. The molecule has 9 heteroatoms. The van der Waals surface area contributed by atoms with Crippen LogP contribution in [0.15, 0.2) is 42.5 Å². The third-order valence-electron chi connectivity index (χ3n) is 5.48. The normalized spacial score (nSPS) is 18.2. The molecule has 6 nitrogen and oxygen atoms in total. The van der Waals surface area contributed by atoms with Crippen molar-refractivity contribution in [1.29, 1.82) is 0 Å². The number of rotatable bonds is 3. The molecular formula is C22H21F3N2O4. The summed E-state index contributed by atoms with van der Waals surface area (Å²) in [6.07, 6.45) is -4.53. The SMILES string of the molecule is COC(=O)C1CN(c2cccc(N3C(=O)C(C)(C)Oc4cc(C(F)(F)F)ccc43)c2)C1. The van der Waals surface area contributed by atoms with Gasteiger partial charge in [-0.25, -0.2) is 0 Å². The molecule has 0 aromatic heterocycles. The lowest BCUT2D eigenvalue weighted by molar-refractivity contribution is -0.146. The molecule has 4 rings (SSSR count). The number of nitrogens with zero attached hydrogens (tertiary/aromatic N) is 2. The molecule has 0 unspecified atom stereocenters. The third kappa shape index (κ3) is 3.68. The molecule has 2 heterocycles. The van der Waals surface area contributed by atoms with E-state index in [0.717, 1.165) is 17.8 Å². The maximum absolute atomic E-state index is 13.2. The molecule has 0 atom stereocenters. The lowest BCUT2D eigenvalue weighted by Crippen LogP contribution is -2.51. The summed E-state index contributed by atoms with van der Waals surface area (Å²) in [5, 5.41) is 0. The molecule has 1 amide bonds. The van der Waals surface area contributed by atoms with Crippen molar-refractivity contribution in [3.05, 3.63) is 48.0 Å². The molecule has 0 saturated carbocycles. The Morgan fingerprint density at radius 3 is 2.45 bits per heavy atom. The van der Waals surface area contributed by atoms with Gasteiger partial charge in [-0.3, -0.25) is 14.5 Å². The number of anilines is 3. The van der Waals surface area contributed by atoms with Crippen LogP contribution in [0.3, 0.4) is 0 Å². The van der Waals surface area contributed by atoms with E-state index in [4.69, 9.17) is 9.47 Å². The number of ether oxygens (including phenoxy) is 2. The van der Waals surface area contributed by atoms with Crippen LogP contribution < -0.4 is 14.5 Å². The van der Waals surface area contributed by atoms with Gasteiger partial charge in [-0.1, -0.05) is 6.07 Å². The van der Waals surface area contributed by atoms with E-state index < -0.39 is 23.2 Å². The van der Waals surface area contributed by atoms with E-state index in [1.807, 2.05) is 11.0 Å². The number of methoxy groups -OCH3 is 1. The van der Waals surface area contributed by atoms with Gasteiger partial charge >= 0.3 is 12.1 Å². The van der Waals surface area contributed by atoms with Gasteiger partial charge in [0.15, 0.2) is 5.60 Å². The van der Waals surface area contributed by atoms with Crippen LogP contribution in [-0.4, -0.2) is 37.7 Å². The lowest BCUT2D eigenvalue weighted by atomic mass is 9.98. The van der Waals surface area contributed by atoms with Gasteiger partial charge in [-0.15, -0.1) is 0 Å². The molecule has 1 saturated heterocycles. The number of alkyl halides is 3. The van der Waals surface area contributed by atoms with Crippen molar-refractivity contribution in [3.8, 4) is 5.75 Å². The minimum absolute atomic E-state index is 0.0143. The first kappa shape index (κ1) is 21.0. The second kappa shape index (κ2) is 7.18. The highest BCUT2D eigenvalue weighted by molar-refractivity contribution is 6.08. The van der Waals surface area contributed by atoms with E-state index in [-0.39, 0.29) is 23.3 Å². The highest BCUT2D eigenvalue weighted by atomic mass is 19.4. The fraction of sp³-hybridized carbons (Fsp3) is 0.364. The Hall–Kier alpha value is -3.23. The Balaban J connectivity index is 1.70. The standard InChI is InChI=1S/C22H21F3N2O4/c1-21(2)20(29)27(17-8-7-14(22(23,24)25)9-18(17)31-21)16-6-4-5-15(10-16)26-11-13(12-26)19(28)30-3/h4-10,13H,11-12H2,1-3H3. The summed E-state index contributed by atoms with van der Waals surface area (Å²) in [6.45, 7) is 4.02. The van der Waals surface area contributed by atoms with Crippen LogP contribution in [-0.2, 0) is 20.5 Å². The van der Waals surface area contributed by atoms with Crippen molar-refractivity contribution in [3.63, 3.8) is 0 Å². The number of carbonyl (C=O) groups excluding carboxylic acids is 2. The quantitative estimate of drug-likeness (QED) is 0.680. The van der Waals surface area contributed by atoms with Crippen LogP contribution in [0.25, 0.3) is 0 Å². The summed E-state index contributed by atoms with van der Waals surface area (Å²) in [5.41, 5.74) is -0.658. The van der Waals surface area contributed by atoms with Gasteiger partial charge in [0, 0.05) is 18.8 Å². The summed E-state index contributed by atoms with van der Waals surface area (Å²) in [5.74, 6) is -0.890. The molecule has 2 aromatic carbocycles. The average molecular weight is 434 g/mol. The topological polar surface area (TPSA) is 59.1 Å². The van der Waals surface area contributed by atoms with E-state index in [2.05, 4.69) is 0 Å². The number of hydrogen-bond acceptors (Lipinski definition) is 5. The Bertz CT molecular complexity index is 1050. The fourth-order valence-electron chi connectivity index (χ4n) is 3.74. The van der Waals surface area contributed by atoms with Crippen LogP contribution >= 0.6 is 0 Å². The van der Waals surface area contributed by atoms with Gasteiger partial charge in [0.05, 0.1) is 30.0 Å². The molecule has 1 fully saturated rings. The summed E-state index contributed by atoms with van der Waals surface area (Å²) in [7, 11) is 1.35. The van der Waals surface area contributed by atoms with Crippen LogP contribution in [0.2, 0.25) is 0 Å². The van der Waals surface area contributed by atoms with Crippen molar-refractivity contribution in [2.75, 3.05) is 30.0 Å². The first-order chi connectivity index (χ1) is 14.5. The van der Waals surface area contributed by atoms with Crippen molar-refractivity contribution in [2.45, 2.75) is 25.6 Å². The molecule has 31 heavy (non-hydrogen) atoms. The second-order valence-electron chi connectivity index (χ2n) is 8.08. The average Bonchev–Trinajstić information content (AvgIpc) is 2.66. The van der Waals surface area contributed by atoms with Crippen LogP contribution in [0.1, 0.15) is 19.4 Å². The molecule has 164 valence electrons. The molecule has 2 aliphatic rings. The van der Waals surface area contributed by atoms with Crippen LogP contribution in [0.5, 0.6) is 5.75 Å². The van der Waals surface area contributed by atoms with Crippen LogP contribution in [0.4, 0.5) is 30.2 Å². The van der Waals surface area contributed by atoms with Gasteiger partial charge in [-0.2, -0.15) is 13.2 Å². The number of halogens is 3. The zero-order valence-corrected chi connectivity index (χ0v) is 17.2. The van der Waals surface area contributed by atoms with Crippen molar-refractivity contribution < 1.29 is 32.2 Å². The Labute approximate surface area is 177 Å². The number of carbonyl (C=O) groups is 2. The van der Waals surface area contributed by atoms with Crippen molar-refractivity contribution in [1.82, 2.24) is 0 Å². The molecule has 2 aromatic rings. The minimum Gasteiger partial charge on any atom is -0.476 e. The van der Waals surface area contributed by atoms with Crippen molar-refractivity contribution >= 4 is 28.9 Å². The monoisotopic (exact) mass is 434 g/mol. The first-order valence-electron chi connectivity index (χ1n) is 9.69. The number of amides is 1. The maximum atomic E-state index is 13.2. The van der Waals surface area contributed by atoms with Gasteiger partial charge < -0.3 is 14.4 Å². The Morgan fingerprint density at radius 1 is 1.13 bits per heavy atom. The number of esters is 1. The highest BCUT2D eigenvalue weighted by Crippen LogP contribution is 2.45. The van der Waals surface area contributed by atoms with Crippen LogP contribution in [0, 0.1) is 5.92 Å². The zero-order chi connectivity index (χ0) is 22.6. The molecule has 0 radical (unpaired) electrons. The van der Waals surface area contributed by atoms with Gasteiger partial charge in [0.25, 0.3) is 5.91 Å². The van der Waals surface area contributed by atoms with Gasteiger partial charge in [0.2, 0.25) is 0 Å². The first-order valence-corrected chi connectivity index (χ1v) is 9.69. The minimum atomic E-state index is -4.53. The smallest absolute Gasteiger partial charge is 0.416 e. The molecular weight excluding hydrogens is 413 g/mol. The Kier molecular flexibility index (Phi) is 4.87. The summed E-state index contributed by atoms with van der Waals surface area (Å²) in [6, 6.07) is 10.2. The lowest BCUT2D eigenvalue weighted by Gasteiger charge is -2.41. The summed E-state index contributed by atoms with van der Waals surface area (Å²) in [4.78, 5) is 28.1. The van der Waals surface area contributed by atoms with Gasteiger partial charge in [-0.05, 0) is 50.2 Å². The predicted octanol–water partition coefficient (Wildman–Crippen LogP) is 4.15. The van der Waals surface area contributed by atoms with E-state index in [1.54, 1.807) is 18.2 Å². The van der Waals surface area contributed by atoms with E-state index >= 15 is 0 Å². The van der Waals surface area contributed by atoms with E-state index in [0.29, 0.717) is 18.8 Å². The van der Waals surface area contributed by atoms with E-state index in [1.165, 1.54) is 31.9 Å². The third-order valence-corrected chi connectivity index (χ3v) is 5.48. The molecule has 0 spiro atoms. The molecule has 0 N–H and O–H groups in total. The number of fused-ring (bicyclic) bond motifs is 1. The number of benzene rings is 2. The van der Waals surface area contributed by atoms with Crippen molar-refractivity contribution in [2.24, 2.45) is 5.92 Å². The highest BCUT2D eigenvalue weighted by Gasteiger charge is 2.43. The summed E-state index contributed by atoms with van der Waals surface area (Å²) >= 11 is 0. The van der Waals surface area contributed by atoms with E-state index in [9.17, 15) is 22.8 Å². The Morgan fingerprint density at radius 2 is 1.81 bits per heavy atom. The molecule has 0 bridgehead atoms. The maximum Gasteiger partial charge on any atom is 0.416 e.